The van der Waals surface area contributed by atoms with Crippen molar-refractivity contribution in [3.8, 4) is 0 Å². The van der Waals surface area contributed by atoms with E-state index in [0.717, 1.165) is 17.9 Å². The standard InChI is InChI=1S/C23H26F3N3O3S/c1-33(31,32)28-21-8-5-17(6-9-21)7-10-22(30)27-20-11-13-29(14-12-20)16-18-3-2-4-19(15-18)23(24,25)26/h2-10,15,20,28H,11-14,16H2,1H3,(H,27,30). The molecular weight excluding hydrogens is 455 g/mol. The average Bonchev–Trinajstić information content (AvgIpc) is 2.73. The van der Waals surface area contributed by atoms with Crippen molar-refractivity contribution in [2.24, 2.45) is 0 Å². The summed E-state index contributed by atoms with van der Waals surface area (Å²) in [6.45, 7) is 1.80. The number of sulfonamides is 1. The van der Waals surface area contributed by atoms with Gasteiger partial charge in [-0.15, -0.1) is 0 Å². The molecule has 1 saturated heterocycles. The zero-order valence-corrected chi connectivity index (χ0v) is 18.9. The largest absolute Gasteiger partial charge is 0.416 e. The molecule has 0 aromatic heterocycles. The van der Waals surface area contributed by atoms with E-state index in [1.807, 2.05) is 0 Å². The molecule has 0 radical (unpaired) electrons. The second-order valence-corrected chi connectivity index (χ2v) is 9.84. The van der Waals surface area contributed by atoms with Gasteiger partial charge < -0.3 is 5.32 Å². The van der Waals surface area contributed by atoms with Crippen LogP contribution in [0.3, 0.4) is 0 Å². The van der Waals surface area contributed by atoms with Gasteiger partial charge in [0.25, 0.3) is 0 Å². The summed E-state index contributed by atoms with van der Waals surface area (Å²) in [6, 6.07) is 12.0. The molecule has 10 heteroatoms. The summed E-state index contributed by atoms with van der Waals surface area (Å²) >= 11 is 0. The number of hydrogen-bond donors (Lipinski definition) is 2. The van der Waals surface area contributed by atoms with Gasteiger partial charge in [-0.1, -0.05) is 30.3 Å². The number of anilines is 1. The Hall–Kier alpha value is -2.85. The van der Waals surface area contributed by atoms with E-state index in [1.165, 1.54) is 18.2 Å². The minimum atomic E-state index is -4.35. The van der Waals surface area contributed by atoms with Gasteiger partial charge in [-0.2, -0.15) is 13.2 Å². The topological polar surface area (TPSA) is 78.5 Å². The number of amides is 1. The van der Waals surface area contributed by atoms with Crippen molar-refractivity contribution in [2.75, 3.05) is 24.1 Å². The Balaban J connectivity index is 1.45. The van der Waals surface area contributed by atoms with Crippen LogP contribution in [-0.4, -0.2) is 44.6 Å². The molecule has 1 fully saturated rings. The van der Waals surface area contributed by atoms with Crippen LogP contribution in [0.25, 0.3) is 6.08 Å². The number of alkyl halides is 3. The number of nitrogens with one attached hydrogen (secondary N) is 2. The average molecular weight is 482 g/mol. The van der Waals surface area contributed by atoms with E-state index >= 15 is 0 Å². The molecule has 0 saturated carbocycles. The molecule has 1 aliphatic heterocycles. The fourth-order valence-corrected chi connectivity index (χ4v) is 4.20. The lowest BCUT2D eigenvalue weighted by molar-refractivity contribution is -0.137. The third-order valence-corrected chi connectivity index (χ3v) is 5.84. The van der Waals surface area contributed by atoms with Crippen molar-refractivity contribution in [1.82, 2.24) is 10.2 Å². The molecule has 0 spiro atoms. The highest BCUT2D eigenvalue weighted by atomic mass is 32.2. The molecule has 0 unspecified atom stereocenters. The van der Waals surface area contributed by atoms with Crippen LogP contribution >= 0.6 is 0 Å². The number of piperidine rings is 1. The highest BCUT2D eigenvalue weighted by molar-refractivity contribution is 7.92. The second-order valence-electron chi connectivity index (χ2n) is 8.09. The van der Waals surface area contributed by atoms with Gasteiger partial charge >= 0.3 is 6.18 Å². The molecule has 0 atom stereocenters. The monoisotopic (exact) mass is 481 g/mol. The van der Waals surface area contributed by atoms with E-state index in [0.29, 0.717) is 43.7 Å². The number of benzene rings is 2. The summed E-state index contributed by atoms with van der Waals surface area (Å²) in [5.74, 6) is -0.232. The van der Waals surface area contributed by atoms with Crippen LogP contribution in [0.1, 0.15) is 29.5 Å². The molecule has 6 nitrogen and oxygen atoms in total. The first kappa shape index (κ1) is 24.8. The molecule has 1 amide bonds. The summed E-state index contributed by atoms with van der Waals surface area (Å²) in [4.78, 5) is 14.3. The summed E-state index contributed by atoms with van der Waals surface area (Å²) in [6.07, 6.45) is 1.21. The fourth-order valence-electron chi connectivity index (χ4n) is 3.64. The van der Waals surface area contributed by atoms with Gasteiger partial charge in [0.2, 0.25) is 15.9 Å². The van der Waals surface area contributed by atoms with Crippen LogP contribution in [0.15, 0.2) is 54.6 Å². The first-order chi connectivity index (χ1) is 15.5. The van der Waals surface area contributed by atoms with E-state index < -0.39 is 21.8 Å². The van der Waals surface area contributed by atoms with Crippen LogP contribution in [0.4, 0.5) is 18.9 Å². The third-order valence-electron chi connectivity index (χ3n) is 5.24. The van der Waals surface area contributed by atoms with Gasteiger partial charge in [-0.05, 0) is 48.2 Å². The fraction of sp³-hybridized carbons (Fsp3) is 0.348. The lowest BCUT2D eigenvalue weighted by Gasteiger charge is -2.32. The molecule has 2 aromatic rings. The van der Waals surface area contributed by atoms with Crippen LogP contribution in [0, 0.1) is 0 Å². The molecule has 33 heavy (non-hydrogen) atoms. The Morgan fingerprint density at radius 2 is 1.79 bits per heavy atom. The maximum atomic E-state index is 12.9. The number of likely N-dealkylation sites (tertiary alicyclic amines) is 1. The van der Waals surface area contributed by atoms with Crippen LogP contribution in [0.5, 0.6) is 0 Å². The zero-order valence-electron chi connectivity index (χ0n) is 18.1. The smallest absolute Gasteiger partial charge is 0.350 e. The number of rotatable bonds is 7. The molecule has 178 valence electrons. The van der Waals surface area contributed by atoms with Crippen molar-refractivity contribution in [1.29, 1.82) is 0 Å². The molecule has 0 bridgehead atoms. The second kappa shape index (κ2) is 10.4. The van der Waals surface area contributed by atoms with Crippen molar-refractivity contribution >= 4 is 27.7 Å². The quantitative estimate of drug-likeness (QED) is 0.589. The summed E-state index contributed by atoms with van der Waals surface area (Å²) in [5.41, 5.74) is 1.17. The highest BCUT2D eigenvalue weighted by Gasteiger charge is 2.30. The van der Waals surface area contributed by atoms with E-state index in [2.05, 4.69) is 14.9 Å². The zero-order chi connectivity index (χ0) is 24.1. The predicted molar refractivity (Wildman–Crippen MR) is 122 cm³/mol. The Bertz CT molecular complexity index is 1090. The van der Waals surface area contributed by atoms with Gasteiger partial charge in [0, 0.05) is 37.4 Å². The minimum Gasteiger partial charge on any atom is -0.350 e. The maximum Gasteiger partial charge on any atom is 0.416 e. The predicted octanol–water partition coefficient (Wildman–Crippen LogP) is 3.87. The molecule has 2 N–H and O–H groups in total. The molecule has 0 aliphatic carbocycles. The SMILES string of the molecule is CS(=O)(=O)Nc1ccc(C=CC(=O)NC2CCN(Cc3cccc(C(F)(F)F)c3)CC2)cc1. The summed E-state index contributed by atoms with van der Waals surface area (Å²) in [7, 11) is -3.34. The van der Waals surface area contributed by atoms with Crippen LogP contribution in [0.2, 0.25) is 0 Å². The molecule has 2 aromatic carbocycles. The van der Waals surface area contributed by atoms with Crippen LogP contribution in [-0.2, 0) is 27.5 Å². The number of nitrogens with zero attached hydrogens (tertiary/aromatic N) is 1. The summed E-state index contributed by atoms with van der Waals surface area (Å²) in [5, 5.41) is 2.95. The van der Waals surface area contributed by atoms with Crippen molar-refractivity contribution < 1.29 is 26.4 Å². The molecule has 1 aliphatic rings. The third kappa shape index (κ3) is 8.21. The Morgan fingerprint density at radius 1 is 1.12 bits per heavy atom. The van der Waals surface area contributed by atoms with Crippen molar-refractivity contribution in [3.05, 3.63) is 71.3 Å². The molecule has 1 heterocycles. The Morgan fingerprint density at radius 3 is 2.39 bits per heavy atom. The maximum absolute atomic E-state index is 12.9. The highest BCUT2D eigenvalue weighted by Crippen LogP contribution is 2.30. The lowest BCUT2D eigenvalue weighted by atomic mass is 10.0. The number of carbonyl (C=O) groups is 1. The van der Waals surface area contributed by atoms with E-state index in [9.17, 15) is 26.4 Å². The van der Waals surface area contributed by atoms with Gasteiger partial charge in [-0.25, -0.2) is 8.42 Å². The van der Waals surface area contributed by atoms with Crippen molar-refractivity contribution in [2.45, 2.75) is 31.6 Å². The van der Waals surface area contributed by atoms with Crippen molar-refractivity contribution in [3.63, 3.8) is 0 Å². The first-order valence-corrected chi connectivity index (χ1v) is 12.3. The van der Waals surface area contributed by atoms with E-state index in [4.69, 9.17) is 0 Å². The van der Waals surface area contributed by atoms with Gasteiger partial charge in [0.15, 0.2) is 0 Å². The molecule has 3 rings (SSSR count). The summed E-state index contributed by atoms with van der Waals surface area (Å²) < 4.78 is 63.5. The Labute approximate surface area is 191 Å². The number of hydrogen-bond acceptors (Lipinski definition) is 4. The normalized spacial score (nSPS) is 16.1. The lowest BCUT2D eigenvalue weighted by Crippen LogP contribution is -2.43. The number of halogens is 3. The van der Waals surface area contributed by atoms with Crippen LogP contribution < -0.4 is 10.0 Å². The van der Waals surface area contributed by atoms with Gasteiger partial charge in [0.1, 0.15) is 0 Å². The first-order valence-electron chi connectivity index (χ1n) is 10.4. The van der Waals surface area contributed by atoms with E-state index in [1.54, 1.807) is 36.4 Å². The van der Waals surface area contributed by atoms with E-state index in [-0.39, 0.29) is 11.9 Å². The van der Waals surface area contributed by atoms with Gasteiger partial charge in [0.05, 0.1) is 11.8 Å². The number of carbonyl (C=O) groups excluding carboxylic acids is 1. The molecular formula is C23H26F3N3O3S. The van der Waals surface area contributed by atoms with Gasteiger partial charge in [-0.3, -0.25) is 14.4 Å². The minimum absolute atomic E-state index is 0.00115. The Kier molecular flexibility index (Phi) is 7.80.